The number of benzene rings is 1. The Morgan fingerprint density at radius 1 is 1.55 bits per heavy atom. The minimum absolute atomic E-state index is 0.0810. The molecule has 5 nitrogen and oxygen atoms in total. The molecule has 110 valence electrons. The SMILES string of the molecule is COc1cccc(N2CCCC(NC(=O)C(C)N)C2)c1. The van der Waals surface area contributed by atoms with E-state index in [1.54, 1.807) is 14.0 Å². The van der Waals surface area contributed by atoms with Gasteiger partial charge in [0.1, 0.15) is 5.75 Å². The third kappa shape index (κ3) is 3.63. The lowest BCUT2D eigenvalue weighted by molar-refractivity contribution is -0.122. The molecule has 3 N–H and O–H groups in total. The summed E-state index contributed by atoms with van der Waals surface area (Å²) < 4.78 is 5.26. The first-order valence-corrected chi connectivity index (χ1v) is 7.05. The van der Waals surface area contributed by atoms with Gasteiger partial charge in [-0.2, -0.15) is 0 Å². The number of ether oxygens (including phenoxy) is 1. The van der Waals surface area contributed by atoms with Gasteiger partial charge >= 0.3 is 0 Å². The number of amides is 1. The van der Waals surface area contributed by atoms with Crippen LogP contribution in [0.5, 0.6) is 5.75 Å². The molecule has 1 heterocycles. The van der Waals surface area contributed by atoms with E-state index in [0.29, 0.717) is 0 Å². The summed E-state index contributed by atoms with van der Waals surface area (Å²) in [5.41, 5.74) is 6.72. The maximum Gasteiger partial charge on any atom is 0.236 e. The van der Waals surface area contributed by atoms with Crippen LogP contribution in [0.1, 0.15) is 19.8 Å². The van der Waals surface area contributed by atoms with Gasteiger partial charge in [0.05, 0.1) is 13.2 Å². The summed E-state index contributed by atoms with van der Waals surface area (Å²) >= 11 is 0. The van der Waals surface area contributed by atoms with Crippen molar-refractivity contribution in [1.29, 1.82) is 0 Å². The standard InChI is InChI=1S/C15H23N3O2/c1-11(16)15(19)17-12-5-4-8-18(10-12)13-6-3-7-14(9-13)20-2/h3,6-7,9,11-12H,4-5,8,10,16H2,1-2H3,(H,17,19). The summed E-state index contributed by atoms with van der Waals surface area (Å²) in [5, 5.41) is 3.01. The lowest BCUT2D eigenvalue weighted by Crippen LogP contribution is -2.51. The van der Waals surface area contributed by atoms with Crippen molar-refractivity contribution >= 4 is 11.6 Å². The average molecular weight is 277 g/mol. The fourth-order valence-electron chi connectivity index (χ4n) is 2.47. The molecule has 2 atom stereocenters. The molecular formula is C15H23N3O2. The van der Waals surface area contributed by atoms with Crippen molar-refractivity contribution in [3.05, 3.63) is 24.3 Å². The highest BCUT2D eigenvalue weighted by molar-refractivity contribution is 5.81. The molecule has 1 aromatic carbocycles. The molecule has 0 radical (unpaired) electrons. The summed E-state index contributed by atoms with van der Waals surface area (Å²) in [4.78, 5) is 14.0. The minimum Gasteiger partial charge on any atom is -0.497 e. The zero-order chi connectivity index (χ0) is 14.5. The van der Waals surface area contributed by atoms with Crippen LogP contribution >= 0.6 is 0 Å². The first-order valence-electron chi connectivity index (χ1n) is 7.05. The molecule has 1 fully saturated rings. The van der Waals surface area contributed by atoms with E-state index in [2.05, 4.69) is 16.3 Å². The zero-order valence-electron chi connectivity index (χ0n) is 12.1. The first kappa shape index (κ1) is 14.7. The highest BCUT2D eigenvalue weighted by Crippen LogP contribution is 2.24. The van der Waals surface area contributed by atoms with Gasteiger partial charge in [-0.3, -0.25) is 4.79 Å². The van der Waals surface area contributed by atoms with E-state index < -0.39 is 6.04 Å². The summed E-state index contributed by atoms with van der Waals surface area (Å²) in [6.07, 6.45) is 2.06. The number of hydrogen-bond donors (Lipinski definition) is 2. The maximum absolute atomic E-state index is 11.7. The number of carbonyl (C=O) groups is 1. The fraction of sp³-hybridized carbons (Fsp3) is 0.533. The summed E-state index contributed by atoms with van der Waals surface area (Å²) in [6, 6.07) is 7.71. The molecule has 1 aliphatic rings. The highest BCUT2D eigenvalue weighted by Gasteiger charge is 2.22. The van der Waals surface area contributed by atoms with Gasteiger partial charge in [0.2, 0.25) is 5.91 Å². The largest absolute Gasteiger partial charge is 0.497 e. The number of nitrogens with zero attached hydrogens (tertiary/aromatic N) is 1. The number of nitrogens with one attached hydrogen (secondary N) is 1. The van der Waals surface area contributed by atoms with Gasteiger partial charge in [0.25, 0.3) is 0 Å². The Morgan fingerprint density at radius 2 is 2.35 bits per heavy atom. The van der Waals surface area contributed by atoms with Gasteiger partial charge in [0, 0.05) is 30.9 Å². The van der Waals surface area contributed by atoms with Crippen molar-refractivity contribution in [3.63, 3.8) is 0 Å². The second-order valence-electron chi connectivity index (χ2n) is 5.28. The predicted octanol–water partition coefficient (Wildman–Crippen LogP) is 1.13. The van der Waals surface area contributed by atoms with Crippen molar-refractivity contribution in [1.82, 2.24) is 5.32 Å². The summed E-state index contributed by atoms with van der Waals surface area (Å²) in [6.45, 7) is 3.52. The van der Waals surface area contributed by atoms with E-state index >= 15 is 0 Å². The molecule has 1 aliphatic heterocycles. The van der Waals surface area contributed by atoms with Gasteiger partial charge in [-0.05, 0) is 31.9 Å². The average Bonchev–Trinajstić information content (AvgIpc) is 2.47. The molecule has 1 saturated heterocycles. The molecule has 1 amide bonds. The van der Waals surface area contributed by atoms with Crippen molar-refractivity contribution < 1.29 is 9.53 Å². The number of carbonyl (C=O) groups excluding carboxylic acids is 1. The van der Waals surface area contributed by atoms with E-state index in [9.17, 15) is 4.79 Å². The van der Waals surface area contributed by atoms with E-state index in [4.69, 9.17) is 10.5 Å². The number of methoxy groups -OCH3 is 1. The molecule has 0 bridgehead atoms. The summed E-state index contributed by atoms with van der Waals surface area (Å²) in [5.74, 6) is 0.770. The molecule has 2 rings (SSSR count). The number of piperidine rings is 1. The van der Waals surface area contributed by atoms with Crippen LogP contribution in [-0.2, 0) is 4.79 Å². The van der Waals surface area contributed by atoms with E-state index in [1.165, 1.54) is 0 Å². The van der Waals surface area contributed by atoms with Gasteiger partial charge in [0.15, 0.2) is 0 Å². The molecule has 2 unspecified atom stereocenters. The van der Waals surface area contributed by atoms with Crippen LogP contribution in [0.3, 0.4) is 0 Å². The molecule has 1 aromatic rings. The normalized spacial score (nSPS) is 20.4. The van der Waals surface area contributed by atoms with E-state index in [1.807, 2.05) is 18.2 Å². The van der Waals surface area contributed by atoms with Gasteiger partial charge < -0.3 is 20.7 Å². The summed E-state index contributed by atoms with van der Waals surface area (Å²) in [7, 11) is 1.67. The number of nitrogens with two attached hydrogens (primary N) is 1. The lowest BCUT2D eigenvalue weighted by atomic mass is 10.0. The predicted molar refractivity (Wildman–Crippen MR) is 80.0 cm³/mol. The van der Waals surface area contributed by atoms with Crippen molar-refractivity contribution in [2.24, 2.45) is 5.73 Å². The van der Waals surface area contributed by atoms with Crippen LogP contribution < -0.4 is 20.7 Å². The molecule has 0 saturated carbocycles. The second kappa shape index (κ2) is 6.61. The topological polar surface area (TPSA) is 67.6 Å². The molecule has 0 aliphatic carbocycles. The Bertz CT molecular complexity index is 462. The van der Waals surface area contributed by atoms with Crippen LogP contribution in [0.15, 0.2) is 24.3 Å². The fourth-order valence-corrected chi connectivity index (χ4v) is 2.47. The lowest BCUT2D eigenvalue weighted by Gasteiger charge is -2.35. The molecular weight excluding hydrogens is 254 g/mol. The second-order valence-corrected chi connectivity index (χ2v) is 5.28. The minimum atomic E-state index is -0.456. The molecule has 20 heavy (non-hydrogen) atoms. The van der Waals surface area contributed by atoms with Crippen LogP contribution in [0, 0.1) is 0 Å². The van der Waals surface area contributed by atoms with Crippen LogP contribution in [0.2, 0.25) is 0 Å². The molecule has 5 heteroatoms. The van der Waals surface area contributed by atoms with E-state index in [-0.39, 0.29) is 11.9 Å². The van der Waals surface area contributed by atoms with Crippen molar-refractivity contribution in [2.75, 3.05) is 25.1 Å². The molecule has 0 aromatic heterocycles. The Morgan fingerprint density at radius 3 is 3.05 bits per heavy atom. The van der Waals surface area contributed by atoms with Crippen LogP contribution in [0.25, 0.3) is 0 Å². The van der Waals surface area contributed by atoms with Crippen molar-refractivity contribution in [3.8, 4) is 5.75 Å². The third-order valence-electron chi connectivity index (χ3n) is 3.60. The Balaban J connectivity index is 2.00. The molecule has 0 spiro atoms. The Kier molecular flexibility index (Phi) is 4.84. The number of hydrogen-bond acceptors (Lipinski definition) is 4. The Labute approximate surface area is 120 Å². The van der Waals surface area contributed by atoms with Gasteiger partial charge in [-0.1, -0.05) is 6.07 Å². The van der Waals surface area contributed by atoms with Crippen LogP contribution in [-0.4, -0.2) is 38.2 Å². The Hall–Kier alpha value is -1.75. The van der Waals surface area contributed by atoms with Gasteiger partial charge in [-0.15, -0.1) is 0 Å². The number of rotatable bonds is 4. The quantitative estimate of drug-likeness (QED) is 0.865. The zero-order valence-corrected chi connectivity index (χ0v) is 12.1. The number of anilines is 1. The highest BCUT2D eigenvalue weighted by atomic mass is 16.5. The first-order chi connectivity index (χ1) is 9.60. The maximum atomic E-state index is 11.7. The van der Waals surface area contributed by atoms with E-state index in [0.717, 1.165) is 37.4 Å². The van der Waals surface area contributed by atoms with Crippen molar-refractivity contribution in [2.45, 2.75) is 31.8 Å². The monoisotopic (exact) mass is 277 g/mol. The van der Waals surface area contributed by atoms with Gasteiger partial charge in [-0.25, -0.2) is 0 Å². The smallest absolute Gasteiger partial charge is 0.236 e. The van der Waals surface area contributed by atoms with Crippen LogP contribution in [0.4, 0.5) is 5.69 Å². The third-order valence-corrected chi connectivity index (χ3v) is 3.60.